The van der Waals surface area contributed by atoms with Gasteiger partial charge in [0, 0.05) is 24.5 Å². The summed E-state index contributed by atoms with van der Waals surface area (Å²) in [6, 6.07) is 13.4. The van der Waals surface area contributed by atoms with Crippen LogP contribution in [0.5, 0.6) is 0 Å². The largest absolute Gasteiger partial charge is 0.398 e. The second-order valence-corrected chi connectivity index (χ2v) is 6.33. The van der Waals surface area contributed by atoms with E-state index in [1.807, 2.05) is 6.07 Å². The zero-order valence-corrected chi connectivity index (χ0v) is 12.4. The lowest BCUT2D eigenvalue weighted by molar-refractivity contribution is 0.692. The predicted octanol–water partition coefficient (Wildman–Crippen LogP) is 3.71. The third-order valence-electron chi connectivity index (χ3n) is 4.92. The van der Waals surface area contributed by atoms with E-state index in [1.54, 1.807) is 11.1 Å². The van der Waals surface area contributed by atoms with Crippen LogP contribution in [0.25, 0.3) is 0 Å². The third-order valence-corrected chi connectivity index (χ3v) is 4.92. The molecule has 2 nitrogen and oxygen atoms in total. The molecule has 0 unspecified atom stereocenters. The van der Waals surface area contributed by atoms with Gasteiger partial charge in [-0.3, -0.25) is 0 Å². The number of hydrogen-bond donors (Lipinski definition) is 1. The molecule has 0 atom stereocenters. The van der Waals surface area contributed by atoms with Crippen LogP contribution in [-0.2, 0) is 25.8 Å². The molecule has 21 heavy (non-hydrogen) atoms. The Hall–Kier alpha value is -1.96. The number of hydrogen-bond acceptors (Lipinski definition) is 2. The Morgan fingerprint density at radius 3 is 2.81 bits per heavy atom. The van der Waals surface area contributed by atoms with E-state index < -0.39 is 0 Å². The highest BCUT2D eigenvalue weighted by Gasteiger charge is 2.19. The van der Waals surface area contributed by atoms with E-state index >= 15 is 0 Å². The van der Waals surface area contributed by atoms with Crippen molar-refractivity contribution < 1.29 is 0 Å². The van der Waals surface area contributed by atoms with Gasteiger partial charge in [-0.25, -0.2) is 0 Å². The van der Waals surface area contributed by atoms with Gasteiger partial charge in [0.15, 0.2) is 0 Å². The van der Waals surface area contributed by atoms with Crippen molar-refractivity contribution in [1.29, 1.82) is 0 Å². The molecule has 0 saturated carbocycles. The maximum Gasteiger partial charge on any atom is 0.0429 e. The Morgan fingerprint density at radius 2 is 1.86 bits per heavy atom. The van der Waals surface area contributed by atoms with Crippen LogP contribution in [-0.4, -0.2) is 6.54 Å². The molecule has 1 heterocycles. The first-order chi connectivity index (χ1) is 10.3. The maximum absolute atomic E-state index is 6.14. The molecule has 0 bridgehead atoms. The van der Waals surface area contributed by atoms with Gasteiger partial charge in [-0.1, -0.05) is 24.3 Å². The molecular formula is C19H22N2. The van der Waals surface area contributed by atoms with E-state index in [2.05, 4.69) is 35.2 Å². The van der Waals surface area contributed by atoms with Gasteiger partial charge in [0.05, 0.1) is 0 Å². The fourth-order valence-corrected chi connectivity index (χ4v) is 3.84. The van der Waals surface area contributed by atoms with Gasteiger partial charge in [-0.2, -0.15) is 0 Å². The lowest BCUT2D eigenvalue weighted by Crippen LogP contribution is -2.29. The van der Waals surface area contributed by atoms with Crippen molar-refractivity contribution in [3.05, 3.63) is 58.7 Å². The number of fused-ring (bicyclic) bond motifs is 2. The van der Waals surface area contributed by atoms with E-state index in [0.29, 0.717) is 0 Å². The second-order valence-electron chi connectivity index (χ2n) is 6.33. The average molecular weight is 278 g/mol. The summed E-state index contributed by atoms with van der Waals surface area (Å²) in [5.74, 6) is 0. The summed E-state index contributed by atoms with van der Waals surface area (Å²) in [4.78, 5) is 2.49. The minimum atomic E-state index is 0.950. The van der Waals surface area contributed by atoms with Gasteiger partial charge >= 0.3 is 0 Å². The minimum Gasteiger partial charge on any atom is -0.398 e. The van der Waals surface area contributed by atoms with E-state index in [1.165, 1.54) is 42.5 Å². The number of anilines is 2. The van der Waals surface area contributed by atoms with E-state index in [-0.39, 0.29) is 0 Å². The molecule has 2 aromatic rings. The molecular weight excluding hydrogens is 256 g/mol. The SMILES string of the molecule is Nc1cccc2c1CCCN2Cc1ccc2c(c1)CCC2. The van der Waals surface area contributed by atoms with E-state index in [0.717, 1.165) is 25.2 Å². The monoisotopic (exact) mass is 278 g/mol. The Bertz CT molecular complexity index is 675. The molecule has 1 aliphatic heterocycles. The van der Waals surface area contributed by atoms with Crippen molar-refractivity contribution >= 4 is 11.4 Å². The Labute approximate surface area is 126 Å². The molecule has 0 aromatic heterocycles. The smallest absolute Gasteiger partial charge is 0.0429 e. The standard InChI is InChI=1S/C19H22N2/c20-18-7-2-8-19-17(18)6-3-11-21(19)13-14-9-10-15-4-1-5-16(15)12-14/h2,7-10,12H,1,3-6,11,13,20H2. The van der Waals surface area contributed by atoms with Crippen molar-refractivity contribution in [3.63, 3.8) is 0 Å². The highest BCUT2D eigenvalue weighted by Crippen LogP contribution is 2.32. The molecule has 2 heteroatoms. The summed E-state index contributed by atoms with van der Waals surface area (Å²) >= 11 is 0. The number of rotatable bonds is 2. The van der Waals surface area contributed by atoms with Crippen LogP contribution in [0.4, 0.5) is 11.4 Å². The van der Waals surface area contributed by atoms with Gasteiger partial charge in [-0.15, -0.1) is 0 Å². The number of nitrogen functional groups attached to an aromatic ring is 1. The number of aryl methyl sites for hydroxylation is 2. The van der Waals surface area contributed by atoms with E-state index in [9.17, 15) is 0 Å². The lowest BCUT2D eigenvalue weighted by atomic mass is 9.98. The zero-order valence-electron chi connectivity index (χ0n) is 12.4. The first kappa shape index (κ1) is 12.8. The highest BCUT2D eigenvalue weighted by atomic mass is 15.1. The van der Waals surface area contributed by atoms with Crippen LogP contribution in [0, 0.1) is 0 Å². The molecule has 0 fully saturated rings. The van der Waals surface area contributed by atoms with Gasteiger partial charge in [0.2, 0.25) is 0 Å². The maximum atomic E-state index is 6.14. The summed E-state index contributed by atoms with van der Waals surface area (Å²) < 4.78 is 0. The van der Waals surface area contributed by atoms with Crippen LogP contribution < -0.4 is 10.6 Å². The fourth-order valence-electron chi connectivity index (χ4n) is 3.84. The summed E-state index contributed by atoms with van der Waals surface area (Å²) in [5.41, 5.74) is 14.3. The number of benzene rings is 2. The Balaban J connectivity index is 1.63. The third kappa shape index (κ3) is 2.29. The van der Waals surface area contributed by atoms with Crippen LogP contribution in [0.15, 0.2) is 36.4 Å². The van der Waals surface area contributed by atoms with E-state index in [4.69, 9.17) is 5.73 Å². The molecule has 2 aromatic carbocycles. The molecule has 0 spiro atoms. The molecule has 0 amide bonds. The first-order valence-electron chi connectivity index (χ1n) is 8.04. The van der Waals surface area contributed by atoms with Gasteiger partial charge in [0.1, 0.15) is 0 Å². The molecule has 0 saturated heterocycles. The quantitative estimate of drug-likeness (QED) is 0.849. The average Bonchev–Trinajstić information content (AvgIpc) is 2.96. The summed E-state index contributed by atoms with van der Waals surface area (Å²) in [5, 5.41) is 0. The topological polar surface area (TPSA) is 29.3 Å². The second kappa shape index (κ2) is 5.10. The number of nitrogens with zero attached hydrogens (tertiary/aromatic N) is 1. The Morgan fingerprint density at radius 1 is 0.952 bits per heavy atom. The summed E-state index contributed by atoms with van der Waals surface area (Å²) in [7, 11) is 0. The van der Waals surface area contributed by atoms with Crippen molar-refractivity contribution in [2.75, 3.05) is 17.2 Å². The highest BCUT2D eigenvalue weighted by molar-refractivity contribution is 5.66. The Kier molecular flexibility index (Phi) is 3.10. The van der Waals surface area contributed by atoms with Crippen LogP contribution >= 0.6 is 0 Å². The molecule has 4 rings (SSSR count). The molecule has 2 N–H and O–H groups in total. The first-order valence-corrected chi connectivity index (χ1v) is 8.04. The van der Waals surface area contributed by atoms with Crippen molar-refractivity contribution in [2.45, 2.75) is 38.6 Å². The number of nitrogens with two attached hydrogens (primary N) is 1. The molecule has 2 aliphatic rings. The fraction of sp³-hybridized carbons (Fsp3) is 0.368. The van der Waals surface area contributed by atoms with Crippen LogP contribution in [0.3, 0.4) is 0 Å². The summed E-state index contributed by atoms with van der Waals surface area (Å²) in [6.45, 7) is 2.14. The van der Waals surface area contributed by atoms with Crippen molar-refractivity contribution in [2.24, 2.45) is 0 Å². The van der Waals surface area contributed by atoms with Crippen molar-refractivity contribution in [1.82, 2.24) is 0 Å². The minimum absolute atomic E-state index is 0.950. The zero-order chi connectivity index (χ0) is 14.2. The molecule has 108 valence electrons. The van der Waals surface area contributed by atoms with Crippen LogP contribution in [0.2, 0.25) is 0 Å². The van der Waals surface area contributed by atoms with Crippen LogP contribution in [0.1, 0.15) is 35.1 Å². The van der Waals surface area contributed by atoms with Crippen molar-refractivity contribution in [3.8, 4) is 0 Å². The predicted molar refractivity (Wildman–Crippen MR) is 88.7 cm³/mol. The normalized spacial score (nSPS) is 16.7. The lowest BCUT2D eigenvalue weighted by Gasteiger charge is -2.32. The van der Waals surface area contributed by atoms with Gasteiger partial charge in [0.25, 0.3) is 0 Å². The van der Waals surface area contributed by atoms with Gasteiger partial charge < -0.3 is 10.6 Å². The molecule has 0 radical (unpaired) electrons. The van der Waals surface area contributed by atoms with Gasteiger partial charge in [-0.05, 0) is 66.5 Å². The molecule has 1 aliphatic carbocycles. The summed E-state index contributed by atoms with van der Waals surface area (Å²) in [6.07, 6.45) is 6.15.